The molecule has 0 aliphatic carbocycles. The molecule has 2 aromatic carbocycles. The highest BCUT2D eigenvalue weighted by Gasteiger charge is 2.26. The standard InChI is InChI=1S/C26H34N2O4/c1-5-31-23-10-8-21(9-11-23)26(30)28-16-14-22(15-17-28)27-25(29)19(4)32-24-12-6-20(7-13-24)18(2)3/h6-13,18-19,22H,5,14-17H2,1-4H3,(H,27,29). The van der Waals surface area contributed by atoms with Gasteiger partial charge in [-0.1, -0.05) is 26.0 Å². The first kappa shape index (κ1) is 23.6. The minimum atomic E-state index is -0.580. The number of piperidine rings is 1. The van der Waals surface area contributed by atoms with Gasteiger partial charge in [-0.3, -0.25) is 9.59 Å². The van der Waals surface area contributed by atoms with Crippen LogP contribution in [-0.4, -0.2) is 48.6 Å². The summed E-state index contributed by atoms with van der Waals surface area (Å²) in [5.74, 6) is 1.79. The highest BCUT2D eigenvalue weighted by molar-refractivity contribution is 5.94. The maximum Gasteiger partial charge on any atom is 0.260 e. The van der Waals surface area contributed by atoms with Crippen molar-refractivity contribution in [3.8, 4) is 11.5 Å². The van der Waals surface area contributed by atoms with Crippen LogP contribution >= 0.6 is 0 Å². The highest BCUT2D eigenvalue weighted by Crippen LogP contribution is 2.20. The number of nitrogens with zero attached hydrogens (tertiary/aromatic N) is 1. The molecule has 2 aromatic rings. The first-order valence-corrected chi connectivity index (χ1v) is 11.5. The fourth-order valence-electron chi connectivity index (χ4n) is 3.78. The number of benzene rings is 2. The van der Waals surface area contributed by atoms with Gasteiger partial charge in [-0.2, -0.15) is 0 Å². The molecule has 0 saturated carbocycles. The number of carbonyl (C=O) groups is 2. The molecule has 0 radical (unpaired) electrons. The number of nitrogens with one attached hydrogen (secondary N) is 1. The minimum Gasteiger partial charge on any atom is -0.494 e. The van der Waals surface area contributed by atoms with Crippen molar-refractivity contribution in [2.24, 2.45) is 0 Å². The molecule has 3 rings (SSSR count). The van der Waals surface area contributed by atoms with Crippen molar-refractivity contribution in [1.82, 2.24) is 10.2 Å². The molecule has 2 amide bonds. The molecule has 1 aliphatic heterocycles. The van der Waals surface area contributed by atoms with Gasteiger partial charge in [-0.15, -0.1) is 0 Å². The second-order valence-corrected chi connectivity index (χ2v) is 8.52. The maximum absolute atomic E-state index is 12.8. The number of carbonyl (C=O) groups excluding carboxylic acids is 2. The summed E-state index contributed by atoms with van der Waals surface area (Å²) in [5.41, 5.74) is 1.89. The molecule has 32 heavy (non-hydrogen) atoms. The molecule has 6 heteroatoms. The van der Waals surface area contributed by atoms with Gasteiger partial charge in [0, 0.05) is 24.7 Å². The molecule has 1 fully saturated rings. The van der Waals surface area contributed by atoms with Crippen LogP contribution in [0.2, 0.25) is 0 Å². The summed E-state index contributed by atoms with van der Waals surface area (Å²) in [6.45, 7) is 9.80. The lowest BCUT2D eigenvalue weighted by Gasteiger charge is -2.33. The zero-order chi connectivity index (χ0) is 23.1. The SMILES string of the molecule is CCOc1ccc(C(=O)N2CCC(NC(=O)C(C)Oc3ccc(C(C)C)cc3)CC2)cc1. The summed E-state index contributed by atoms with van der Waals surface area (Å²) < 4.78 is 11.2. The zero-order valence-corrected chi connectivity index (χ0v) is 19.5. The largest absolute Gasteiger partial charge is 0.494 e. The van der Waals surface area contributed by atoms with E-state index in [1.54, 1.807) is 19.1 Å². The summed E-state index contributed by atoms with van der Waals surface area (Å²) in [6.07, 6.45) is 0.873. The van der Waals surface area contributed by atoms with Crippen LogP contribution in [0.5, 0.6) is 11.5 Å². The molecule has 6 nitrogen and oxygen atoms in total. The van der Waals surface area contributed by atoms with E-state index in [-0.39, 0.29) is 17.9 Å². The normalized spacial score (nSPS) is 15.3. The fourth-order valence-corrected chi connectivity index (χ4v) is 3.78. The Balaban J connectivity index is 1.45. The van der Waals surface area contributed by atoms with Gasteiger partial charge in [0.05, 0.1) is 6.61 Å². The first-order chi connectivity index (χ1) is 15.4. The lowest BCUT2D eigenvalue weighted by Crippen LogP contribution is -2.49. The van der Waals surface area contributed by atoms with Gasteiger partial charge < -0.3 is 19.7 Å². The number of likely N-dealkylation sites (tertiary alicyclic amines) is 1. The highest BCUT2D eigenvalue weighted by atomic mass is 16.5. The van der Waals surface area contributed by atoms with E-state index < -0.39 is 6.10 Å². The van der Waals surface area contributed by atoms with Gasteiger partial charge in [-0.05, 0) is 74.6 Å². The van der Waals surface area contributed by atoms with Gasteiger partial charge in [0.1, 0.15) is 11.5 Å². The third kappa shape index (κ3) is 6.25. The van der Waals surface area contributed by atoms with E-state index in [1.807, 2.05) is 48.2 Å². The smallest absolute Gasteiger partial charge is 0.260 e. The van der Waals surface area contributed by atoms with E-state index in [2.05, 4.69) is 19.2 Å². The maximum atomic E-state index is 12.8. The van der Waals surface area contributed by atoms with E-state index in [4.69, 9.17) is 9.47 Å². The Morgan fingerprint density at radius 2 is 1.56 bits per heavy atom. The number of hydrogen-bond acceptors (Lipinski definition) is 4. The molecule has 1 N–H and O–H groups in total. The Morgan fingerprint density at radius 1 is 0.969 bits per heavy atom. The van der Waals surface area contributed by atoms with Crippen molar-refractivity contribution in [3.63, 3.8) is 0 Å². The summed E-state index contributed by atoms with van der Waals surface area (Å²) in [6, 6.07) is 15.2. The van der Waals surface area contributed by atoms with E-state index in [9.17, 15) is 9.59 Å². The Hall–Kier alpha value is -3.02. The van der Waals surface area contributed by atoms with Crippen LogP contribution in [0.25, 0.3) is 0 Å². The molecule has 1 atom stereocenters. The molecule has 1 heterocycles. The predicted molar refractivity (Wildman–Crippen MR) is 125 cm³/mol. The molecule has 1 aliphatic rings. The number of hydrogen-bond donors (Lipinski definition) is 1. The van der Waals surface area contributed by atoms with E-state index >= 15 is 0 Å². The number of rotatable bonds is 8. The minimum absolute atomic E-state index is 0.0133. The average Bonchev–Trinajstić information content (AvgIpc) is 2.80. The predicted octanol–water partition coefficient (Wildman–Crippen LogP) is 4.40. The third-order valence-electron chi connectivity index (χ3n) is 5.77. The zero-order valence-electron chi connectivity index (χ0n) is 19.5. The first-order valence-electron chi connectivity index (χ1n) is 11.5. The molecule has 1 saturated heterocycles. The summed E-state index contributed by atoms with van der Waals surface area (Å²) in [4.78, 5) is 27.2. The van der Waals surface area contributed by atoms with Crippen molar-refractivity contribution >= 4 is 11.8 Å². The molecule has 1 unspecified atom stereocenters. The molecular weight excluding hydrogens is 404 g/mol. The quantitative estimate of drug-likeness (QED) is 0.663. The van der Waals surface area contributed by atoms with Crippen LogP contribution in [0, 0.1) is 0 Å². The van der Waals surface area contributed by atoms with Gasteiger partial charge in [0.15, 0.2) is 6.10 Å². The van der Waals surface area contributed by atoms with Crippen LogP contribution in [0.1, 0.15) is 62.4 Å². The average molecular weight is 439 g/mol. The number of ether oxygens (including phenoxy) is 2. The van der Waals surface area contributed by atoms with Crippen LogP contribution in [0.4, 0.5) is 0 Å². The Kier molecular flexibility index (Phi) is 8.14. The van der Waals surface area contributed by atoms with Crippen LogP contribution < -0.4 is 14.8 Å². The third-order valence-corrected chi connectivity index (χ3v) is 5.77. The molecule has 172 valence electrons. The van der Waals surface area contributed by atoms with E-state index in [0.717, 1.165) is 18.6 Å². The van der Waals surface area contributed by atoms with Gasteiger partial charge in [0.2, 0.25) is 0 Å². The van der Waals surface area contributed by atoms with Gasteiger partial charge in [0.25, 0.3) is 11.8 Å². The Bertz CT molecular complexity index is 885. The summed E-state index contributed by atoms with van der Waals surface area (Å²) in [7, 11) is 0. The summed E-state index contributed by atoms with van der Waals surface area (Å²) >= 11 is 0. The second kappa shape index (κ2) is 11.0. The molecule has 0 spiro atoms. The van der Waals surface area contributed by atoms with E-state index in [0.29, 0.717) is 36.9 Å². The molecule has 0 aromatic heterocycles. The molecular formula is C26H34N2O4. The van der Waals surface area contributed by atoms with Gasteiger partial charge in [-0.25, -0.2) is 0 Å². The lowest BCUT2D eigenvalue weighted by atomic mass is 10.0. The lowest BCUT2D eigenvalue weighted by molar-refractivity contribution is -0.128. The van der Waals surface area contributed by atoms with Crippen molar-refractivity contribution in [2.75, 3.05) is 19.7 Å². The molecule has 0 bridgehead atoms. The Labute approximate surface area is 190 Å². The van der Waals surface area contributed by atoms with Crippen molar-refractivity contribution in [1.29, 1.82) is 0 Å². The second-order valence-electron chi connectivity index (χ2n) is 8.52. The van der Waals surface area contributed by atoms with Crippen LogP contribution in [0.3, 0.4) is 0 Å². The topological polar surface area (TPSA) is 67.9 Å². The number of amides is 2. The van der Waals surface area contributed by atoms with Crippen LogP contribution in [-0.2, 0) is 4.79 Å². The van der Waals surface area contributed by atoms with Crippen molar-refractivity contribution in [3.05, 3.63) is 59.7 Å². The summed E-state index contributed by atoms with van der Waals surface area (Å²) in [5, 5.41) is 3.07. The van der Waals surface area contributed by atoms with Gasteiger partial charge >= 0.3 is 0 Å². The van der Waals surface area contributed by atoms with Crippen molar-refractivity contribution < 1.29 is 19.1 Å². The van der Waals surface area contributed by atoms with Crippen LogP contribution in [0.15, 0.2) is 48.5 Å². The monoisotopic (exact) mass is 438 g/mol. The Morgan fingerprint density at radius 3 is 2.12 bits per heavy atom. The van der Waals surface area contributed by atoms with Crippen molar-refractivity contribution in [2.45, 2.75) is 58.6 Å². The van der Waals surface area contributed by atoms with E-state index in [1.165, 1.54) is 5.56 Å². The fraction of sp³-hybridized carbons (Fsp3) is 0.462.